The minimum absolute atomic E-state index is 0.0921. The van der Waals surface area contributed by atoms with Crippen molar-refractivity contribution in [2.45, 2.75) is 38.1 Å². The second-order valence-electron chi connectivity index (χ2n) is 7.26. The largest absolute Gasteiger partial charge is 0.385 e. The van der Waals surface area contributed by atoms with Crippen molar-refractivity contribution < 1.29 is 4.74 Å². The molecule has 0 amide bonds. The number of rotatable bonds is 5. The molecular weight excluding hydrogens is 422 g/mol. The summed E-state index contributed by atoms with van der Waals surface area (Å²) < 4.78 is 12.2. The number of piperidine rings is 1. The van der Waals surface area contributed by atoms with Gasteiger partial charge in [0.1, 0.15) is 5.02 Å². The Labute approximate surface area is 187 Å². The van der Waals surface area contributed by atoms with Gasteiger partial charge in [-0.3, -0.25) is 4.79 Å². The molecule has 1 aromatic carbocycles. The van der Waals surface area contributed by atoms with Crippen LogP contribution in [0.1, 0.15) is 38.1 Å². The summed E-state index contributed by atoms with van der Waals surface area (Å²) in [7, 11) is 1.72. The van der Waals surface area contributed by atoms with Crippen LogP contribution in [0.2, 0.25) is 5.02 Å². The van der Waals surface area contributed by atoms with Crippen LogP contribution < -0.4 is 15.6 Å². The highest BCUT2D eigenvalue weighted by atomic mass is 35.5. The molecule has 2 aliphatic rings. The van der Waals surface area contributed by atoms with Gasteiger partial charge in [-0.1, -0.05) is 29.8 Å². The third kappa shape index (κ3) is 6.63. The predicted octanol–water partition coefficient (Wildman–Crippen LogP) is 4.44. The number of hydrogen-bond donors (Lipinski definition) is 2. The molecule has 2 aliphatic heterocycles. The van der Waals surface area contributed by atoms with Gasteiger partial charge < -0.3 is 14.8 Å². The molecule has 0 spiro atoms. The molecule has 0 atom stereocenters. The van der Waals surface area contributed by atoms with Gasteiger partial charge in [0.05, 0.1) is 17.9 Å². The molecule has 30 heavy (non-hydrogen) atoms. The van der Waals surface area contributed by atoms with Crippen LogP contribution in [0.5, 0.6) is 0 Å². The molecule has 2 N–H and O–H groups in total. The van der Waals surface area contributed by atoms with E-state index in [1.54, 1.807) is 25.4 Å². The van der Waals surface area contributed by atoms with Crippen molar-refractivity contribution >= 4 is 35.1 Å². The van der Waals surface area contributed by atoms with Crippen LogP contribution in [-0.4, -0.2) is 47.4 Å². The van der Waals surface area contributed by atoms with Crippen LogP contribution in [0, 0.1) is 0 Å². The Morgan fingerprint density at radius 3 is 2.40 bits per heavy atom. The molecule has 0 unspecified atom stereocenters. The molecular formula is C21H30ClN5O2S. The fourth-order valence-electron chi connectivity index (χ4n) is 3.37. The molecule has 164 valence electrons. The lowest BCUT2D eigenvalue weighted by Crippen LogP contribution is -2.36. The Morgan fingerprint density at radius 2 is 1.83 bits per heavy atom. The normalized spacial score (nSPS) is 17.7. The van der Waals surface area contributed by atoms with Gasteiger partial charge >= 0.3 is 0 Å². The third-order valence-corrected chi connectivity index (χ3v) is 6.44. The van der Waals surface area contributed by atoms with Crippen LogP contribution in [0.15, 0.2) is 41.3 Å². The molecule has 1 aromatic heterocycles. The van der Waals surface area contributed by atoms with Gasteiger partial charge in [0, 0.05) is 51.2 Å². The lowest BCUT2D eigenvalue weighted by atomic mass is 10.1. The molecule has 9 heteroatoms. The summed E-state index contributed by atoms with van der Waals surface area (Å²) >= 11 is 7.70. The number of anilines is 2. The maximum atomic E-state index is 12.3. The van der Waals surface area contributed by atoms with E-state index < -0.39 is 0 Å². The quantitative estimate of drug-likeness (QED) is 0.651. The fourth-order valence-corrected chi connectivity index (χ4v) is 4.36. The number of nitrogens with one attached hydrogen (secondary N) is 2. The van der Waals surface area contributed by atoms with E-state index in [9.17, 15) is 4.79 Å². The third-order valence-electron chi connectivity index (χ3n) is 5.13. The maximum absolute atomic E-state index is 12.3. The van der Waals surface area contributed by atoms with E-state index in [2.05, 4.69) is 19.4 Å². The van der Waals surface area contributed by atoms with E-state index in [1.807, 2.05) is 30.3 Å². The second kappa shape index (κ2) is 12.2. The molecule has 0 aliphatic carbocycles. The minimum Gasteiger partial charge on any atom is -0.385 e. The number of benzene rings is 1. The average Bonchev–Trinajstić information content (AvgIpc) is 2.82. The van der Waals surface area contributed by atoms with Gasteiger partial charge in [0.25, 0.3) is 5.56 Å². The average molecular weight is 452 g/mol. The summed E-state index contributed by atoms with van der Waals surface area (Å²) in [6, 6.07) is 10.2. The molecule has 3 heterocycles. The van der Waals surface area contributed by atoms with Crippen molar-refractivity contribution in [2.75, 3.05) is 43.4 Å². The highest BCUT2D eigenvalue weighted by Gasteiger charge is 2.23. The van der Waals surface area contributed by atoms with Crippen LogP contribution in [0.4, 0.5) is 11.4 Å². The highest BCUT2D eigenvalue weighted by Crippen LogP contribution is 2.26. The van der Waals surface area contributed by atoms with Crippen LogP contribution in [0.3, 0.4) is 0 Å². The topological polar surface area (TPSA) is 71.4 Å². The first-order valence-electron chi connectivity index (χ1n) is 10.4. The number of para-hydroxylation sites is 1. The molecule has 0 radical (unpaired) electrons. The van der Waals surface area contributed by atoms with Gasteiger partial charge in [-0.15, -0.1) is 0 Å². The summed E-state index contributed by atoms with van der Waals surface area (Å²) in [6.07, 6.45) is 7.28. The summed E-state index contributed by atoms with van der Waals surface area (Å²) in [6.45, 7) is 3.77. The molecule has 2 saturated heterocycles. The summed E-state index contributed by atoms with van der Waals surface area (Å²) in [4.78, 5) is 12.3. The van der Waals surface area contributed by atoms with E-state index in [-0.39, 0.29) is 16.6 Å². The smallest absolute Gasteiger partial charge is 0.287 e. The lowest BCUT2D eigenvalue weighted by Gasteiger charge is -2.31. The SMILES string of the molecule is C1CCOCC1.CNc1cnn(C2CCN(SNc3ccccc3)CC2)c(=O)c1Cl. The zero-order valence-electron chi connectivity index (χ0n) is 17.3. The van der Waals surface area contributed by atoms with Crippen molar-refractivity contribution in [1.29, 1.82) is 0 Å². The lowest BCUT2D eigenvalue weighted by molar-refractivity contribution is 0.0968. The number of hydrogen-bond acceptors (Lipinski definition) is 7. The van der Waals surface area contributed by atoms with E-state index in [0.717, 1.165) is 44.8 Å². The molecule has 2 aromatic rings. The summed E-state index contributed by atoms with van der Waals surface area (Å²) in [5.74, 6) is 0. The highest BCUT2D eigenvalue weighted by molar-refractivity contribution is 7.98. The fraction of sp³-hybridized carbons (Fsp3) is 0.524. The molecule has 7 nitrogen and oxygen atoms in total. The summed E-state index contributed by atoms with van der Waals surface area (Å²) in [5, 5.41) is 7.35. The van der Waals surface area contributed by atoms with Crippen LogP contribution in [0.25, 0.3) is 0 Å². The van der Waals surface area contributed by atoms with E-state index in [4.69, 9.17) is 16.3 Å². The van der Waals surface area contributed by atoms with E-state index in [0.29, 0.717) is 5.69 Å². The van der Waals surface area contributed by atoms with Gasteiger partial charge in [0.15, 0.2) is 0 Å². The summed E-state index contributed by atoms with van der Waals surface area (Å²) in [5.41, 5.74) is 1.42. The molecule has 4 rings (SSSR count). The molecule has 0 saturated carbocycles. The van der Waals surface area contributed by atoms with Crippen molar-refractivity contribution in [1.82, 2.24) is 14.1 Å². The minimum atomic E-state index is -0.225. The van der Waals surface area contributed by atoms with Crippen LogP contribution in [-0.2, 0) is 4.74 Å². The van der Waals surface area contributed by atoms with Crippen LogP contribution >= 0.6 is 23.7 Å². The van der Waals surface area contributed by atoms with Gasteiger partial charge in [0.2, 0.25) is 0 Å². The zero-order chi connectivity index (χ0) is 21.2. The van der Waals surface area contributed by atoms with Gasteiger partial charge in [-0.25, -0.2) is 8.99 Å². The van der Waals surface area contributed by atoms with Gasteiger partial charge in [-0.05, 0) is 44.2 Å². The van der Waals surface area contributed by atoms with E-state index in [1.165, 1.54) is 23.9 Å². The Bertz CT molecular complexity index is 812. The standard InChI is InChI=1S/C16H20ClN5OS.C5H10O/c1-18-14-11-19-22(16(23)15(14)17)13-7-9-21(10-8-13)24-20-12-5-3-2-4-6-12;1-2-4-6-5-3-1/h2-6,11,13,18,20H,7-10H2,1H3;1-5H2. The Kier molecular flexibility index (Phi) is 9.32. The van der Waals surface area contributed by atoms with Crippen molar-refractivity contribution in [3.8, 4) is 0 Å². The van der Waals surface area contributed by atoms with E-state index >= 15 is 0 Å². The Balaban J connectivity index is 0.000000367. The predicted molar refractivity (Wildman–Crippen MR) is 125 cm³/mol. The first kappa shape index (κ1) is 22.9. The van der Waals surface area contributed by atoms with Crippen molar-refractivity contribution in [3.63, 3.8) is 0 Å². The number of ether oxygens (including phenoxy) is 1. The Hall–Kier alpha value is -1.74. The first-order chi connectivity index (χ1) is 14.7. The first-order valence-corrected chi connectivity index (χ1v) is 11.6. The van der Waals surface area contributed by atoms with Crippen molar-refractivity contribution in [2.24, 2.45) is 0 Å². The van der Waals surface area contributed by atoms with Gasteiger partial charge in [-0.2, -0.15) is 5.10 Å². The second-order valence-corrected chi connectivity index (χ2v) is 8.55. The molecule has 0 bridgehead atoms. The molecule has 2 fully saturated rings. The maximum Gasteiger partial charge on any atom is 0.287 e. The number of aromatic nitrogens is 2. The zero-order valence-corrected chi connectivity index (χ0v) is 18.9. The monoisotopic (exact) mass is 451 g/mol. The van der Waals surface area contributed by atoms with Crippen molar-refractivity contribution in [3.05, 3.63) is 51.9 Å². The number of halogens is 1. The number of nitrogens with zero attached hydrogens (tertiary/aromatic N) is 3. The Morgan fingerprint density at radius 1 is 1.13 bits per heavy atom.